The van der Waals surface area contributed by atoms with Gasteiger partial charge in [-0.05, 0) is 40.0 Å². The third-order valence-electron chi connectivity index (χ3n) is 3.34. The van der Waals surface area contributed by atoms with Crippen LogP contribution in [0.1, 0.15) is 12.5 Å². The van der Waals surface area contributed by atoms with Crippen LogP contribution in [0.3, 0.4) is 0 Å². The Bertz CT molecular complexity index is 795. The molecule has 0 aliphatic carbocycles. The van der Waals surface area contributed by atoms with E-state index < -0.39 is 0 Å². The van der Waals surface area contributed by atoms with E-state index in [1.54, 1.807) is 10.6 Å². The number of nitrogens with two attached hydrogens (primary N) is 1. The molecule has 0 amide bonds. The van der Waals surface area contributed by atoms with E-state index in [9.17, 15) is 4.39 Å². The summed E-state index contributed by atoms with van der Waals surface area (Å²) in [6.07, 6.45) is 0.869. The molecule has 2 aromatic carbocycles. The lowest BCUT2D eigenvalue weighted by molar-refractivity contribution is 0.622. The molecule has 1 aromatic heterocycles. The highest BCUT2D eigenvalue weighted by Crippen LogP contribution is 2.29. The van der Waals surface area contributed by atoms with Gasteiger partial charge in [-0.3, -0.25) is 4.57 Å². The standard InChI is InChI=1S/C15H13BrFN3/c1-2-9-5-3-4-6-13(9)20-14-8-11(17)10(16)7-12(14)19-15(20)18/h3-8H,2H2,1H3,(H2,18,19). The average Bonchev–Trinajstić information content (AvgIpc) is 2.74. The summed E-state index contributed by atoms with van der Waals surface area (Å²) in [7, 11) is 0. The highest BCUT2D eigenvalue weighted by Gasteiger charge is 2.14. The molecule has 0 radical (unpaired) electrons. The predicted molar refractivity (Wildman–Crippen MR) is 82.5 cm³/mol. The second-order valence-electron chi connectivity index (χ2n) is 4.54. The van der Waals surface area contributed by atoms with Gasteiger partial charge in [0.15, 0.2) is 0 Å². The van der Waals surface area contributed by atoms with Crippen molar-refractivity contribution < 1.29 is 4.39 Å². The molecular formula is C15H13BrFN3. The van der Waals surface area contributed by atoms with E-state index in [0.717, 1.165) is 17.7 Å². The van der Waals surface area contributed by atoms with Crippen molar-refractivity contribution in [2.45, 2.75) is 13.3 Å². The Balaban J connectivity index is 2.36. The summed E-state index contributed by atoms with van der Waals surface area (Å²) in [6, 6.07) is 11.0. The fraction of sp³-hybridized carbons (Fsp3) is 0.133. The Hall–Kier alpha value is -1.88. The molecule has 0 bridgehead atoms. The number of aromatic nitrogens is 2. The molecule has 0 spiro atoms. The van der Waals surface area contributed by atoms with Gasteiger partial charge in [0.25, 0.3) is 0 Å². The van der Waals surface area contributed by atoms with Crippen molar-refractivity contribution >= 4 is 32.9 Å². The summed E-state index contributed by atoms with van der Waals surface area (Å²) >= 11 is 3.17. The first kappa shape index (κ1) is 13.1. The van der Waals surface area contributed by atoms with Crippen molar-refractivity contribution in [1.82, 2.24) is 9.55 Å². The van der Waals surface area contributed by atoms with Crippen LogP contribution in [0.25, 0.3) is 16.7 Å². The molecule has 3 rings (SSSR count). The Morgan fingerprint density at radius 1 is 1.30 bits per heavy atom. The van der Waals surface area contributed by atoms with E-state index >= 15 is 0 Å². The smallest absolute Gasteiger partial charge is 0.205 e. The lowest BCUT2D eigenvalue weighted by atomic mass is 10.1. The number of fused-ring (bicyclic) bond motifs is 1. The number of aryl methyl sites for hydroxylation is 1. The number of imidazole rings is 1. The maximum absolute atomic E-state index is 13.8. The Morgan fingerprint density at radius 3 is 2.80 bits per heavy atom. The highest BCUT2D eigenvalue weighted by molar-refractivity contribution is 9.10. The molecule has 3 aromatic rings. The van der Waals surface area contributed by atoms with Gasteiger partial charge in [-0.2, -0.15) is 0 Å². The van der Waals surface area contributed by atoms with Crippen molar-refractivity contribution in [2.24, 2.45) is 0 Å². The topological polar surface area (TPSA) is 43.8 Å². The number of halogens is 2. The van der Waals surface area contributed by atoms with Crippen LogP contribution in [0, 0.1) is 5.82 Å². The lowest BCUT2D eigenvalue weighted by Gasteiger charge is -2.11. The Labute approximate surface area is 124 Å². The molecule has 102 valence electrons. The minimum Gasteiger partial charge on any atom is -0.369 e. The number of anilines is 1. The quantitative estimate of drug-likeness (QED) is 0.768. The van der Waals surface area contributed by atoms with Crippen molar-refractivity contribution in [1.29, 1.82) is 0 Å². The molecular weight excluding hydrogens is 321 g/mol. The van der Waals surface area contributed by atoms with Crippen LogP contribution >= 0.6 is 15.9 Å². The van der Waals surface area contributed by atoms with Crippen LogP contribution in [0.5, 0.6) is 0 Å². The highest BCUT2D eigenvalue weighted by atomic mass is 79.9. The van der Waals surface area contributed by atoms with Gasteiger partial charge in [-0.15, -0.1) is 0 Å². The molecule has 2 N–H and O–H groups in total. The average molecular weight is 334 g/mol. The third kappa shape index (κ3) is 1.98. The Kier molecular flexibility index (Phi) is 3.22. The second-order valence-corrected chi connectivity index (χ2v) is 5.40. The second kappa shape index (κ2) is 4.90. The normalized spacial score (nSPS) is 11.2. The van der Waals surface area contributed by atoms with Crippen molar-refractivity contribution in [3.05, 3.63) is 52.3 Å². The molecule has 0 fully saturated rings. The molecule has 0 aliphatic heterocycles. The molecule has 0 atom stereocenters. The van der Waals surface area contributed by atoms with Gasteiger partial charge in [0.2, 0.25) is 5.95 Å². The molecule has 0 saturated heterocycles. The summed E-state index contributed by atoms with van der Waals surface area (Å²) in [6.45, 7) is 2.07. The minimum atomic E-state index is -0.326. The number of nitrogen functional groups attached to an aromatic ring is 1. The van der Waals surface area contributed by atoms with Crippen molar-refractivity contribution in [2.75, 3.05) is 5.73 Å². The van der Waals surface area contributed by atoms with Crippen molar-refractivity contribution in [3.63, 3.8) is 0 Å². The number of para-hydroxylation sites is 1. The number of nitrogens with zero attached hydrogens (tertiary/aromatic N) is 2. The summed E-state index contributed by atoms with van der Waals surface area (Å²) in [4.78, 5) is 4.31. The zero-order valence-electron chi connectivity index (χ0n) is 10.9. The van der Waals surface area contributed by atoms with Gasteiger partial charge in [0.05, 0.1) is 21.2 Å². The zero-order chi connectivity index (χ0) is 14.3. The molecule has 5 heteroatoms. The lowest BCUT2D eigenvalue weighted by Crippen LogP contribution is -2.03. The van der Waals surface area contributed by atoms with Gasteiger partial charge in [0.1, 0.15) is 5.82 Å². The van der Waals surface area contributed by atoms with Crippen LogP contribution in [0.4, 0.5) is 10.3 Å². The van der Waals surface area contributed by atoms with Crippen molar-refractivity contribution in [3.8, 4) is 5.69 Å². The first-order valence-corrected chi connectivity index (χ1v) is 7.12. The fourth-order valence-corrected chi connectivity index (χ4v) is 2.70. The predicted octanol–water partition coefficient (Wildman–Crippen LogP) is 4.07. The summed E-state index contributed by atoms with van der Waals surface area (Å²) in [5, 5.41) is 0. The molecule has 0 saturated carbocycles. The number of rotatable bonds is 2. The van der Waals surface area contributed by atoms with Crippen LogP contribution in [-0.4, -0.2) is 9.55 Å². The molecule has 0 unspecified atom stereocenters. The summed E-state index contributed by atoms with van der Waals surface area (Å²) in [5.41, 5.74) is 9.44. The number of hydrogen-bond donors (Lipinski definition) is 1. The van der Waals surface area contributed by atoms with Gasteiger partial charge in [-0.25, -0.2) is 9.37 Å². The van der Waals surface area contributed by atoms with Gasteiger partial charge in [0, 0.05) is 6.07 Å². The van der Waals surface area contributed by atoms with Gasteiger partial charge in [-0.1, -0.05) is 25.1 Å². The SMILES string of the molecule is CCc1ccccc1-n1c(N)nc2cc(Br)c(F)cc21. The minimum absolute atomic E-state index is 0.326. The first-order valence-electron chi connectivity index (χ1n) is 6.33. The van der Waals surface area contributed by atoms with Crippen LogP contribution in [-0.2, 0) is 6.42 Å². The van der Waals surface area contributed by atoms with E-state index in [0.29, 0.717) is 21.5 Å². The number of benzene rings is 2. The van der Waals surface area contributed by atoms with E-state index in [2.05, 4.69) is 27.8 Å². The maximum Gasteiger partial charge on any atom is 0.205 e. The van der Waals surface area contributed by atoms with Crippen LogP contribution < -0.4 is 5.73 Å². The van der Waals surface area contributed by atoms with E-state index in [4.69, 9.17) is 5.73 Å². The van der Waals surface area contributed by atoms with Gasteiger partial charge >= 0.3 is 0 Å². The molecule has 1 heterocycles. The molecule has 20 heavy (non-hydrogen) atoms. The first-order chi connectivity index (χ1) is 9.61. The van der Waals surface area contributed by atoms with E-state index in [-0.39, 0.29) is 5.82 Å². The third-order valence-corrected chi connectivity index (χ3v) is 3.94. The number of hydrogen-bond acceptors (Lipinski definition) is 2. The van der Waals surface area contributed by atoms with E-state index in [1.165, 1.54) is 6.07 Å². The van der Waals surface area contributed by atoms with E-state index in [1.807, 2.05) is 24.3 Å². The van der Waals surface area contributed by atoms with Crippen LogP contribution in [0.15, 0.2) is 40.9 Å². The summed E-state index contributed by atoms with van der Waals surface area (Å²) in [5.74, 6) is 0.0334. The van der Waals surface area contributed by atoms with Gasteiger partial charge < -0.3 is 5.73 Å². The summed E-state index contributed by atoms with van der Waals surface area (Å²) < 4.78 is 16.0. The Morgan fingerprint density at radius 2 is 2.05 bits per heavy atom. The van der Waals surface area contributed by atoms with Crippen LogP contribution in [0.2, 0.25) is 0 Å². The molecule has 3 nitrogen and oxygen atoms in total. The maximum atomic E-state index is 13.8. The monoisotopic (exact) mass is 333 g/mol. The fourth-order valence-electron chi connectivity index (χ4n) is 2.37. The largest absolute Gasteiger partial charge is 0.369 e. The molecule has 0 aliphatic rings. The zero-order valence-corrected chi connectivity index (χ0v) is 12.5.